The third kappa shape index (κ3) is 2.26. The van der Waals surface area contributed by atoms with Crippen LogP contribution in [-0.4, -0.2) is 17.0 Å². The molecular weight excluding hydrogens is 224 g/mol. The molecule has 3 nitrogen and oxygen atoms in total. The lowest BCUT2D eigenvalue weighted by Crippen LogP contribution is -2.34. The van der Waals surface area contributed by atoms with Gasteiger partial charge in [0.1, 0.15) is 6.54 Å². The van der Waals surface area contributed by atoms with Crippen molar-refractivity contribution in [3.63, 3.8) is 0 Å². The quantitative estimate of drug-likeness (QED) is 0.878. The lowest BCUT2D eigenvalue weighted by molar-refractivity contribution is -0.121. The van der Waals surface area contributed by atoms with Crippen LogP contribution in [-0.2, 0) is 11.3 Å². The van der Waals surface area contributed by atoms with Gasteiger partial charge in [-0.25, -0.2) is 0 Å². The largest absolute Gasteiger partial charge is 0.354 e. The fourth-order valence-corrected chi connectivity index (χ4v) is 2.44. The number of amides is 1. The van der Waals surface area contributed by atoms with E-state index in [0.717, 1.165) is 18.0 Å². The van der Waals surface area contributed by atoms with Crippen molar-refractivity contribution in [3.05, 3.63) is 36.5 Å². The molecule has 1 saturated carbocycles. The number of para-hydroxylation sites is 1. The Morgan fingerprint density at radius 2 is 2.11 bits per heavy atom. The topological polar surface area (TPSA) is 34.0 Å². The first-order valence-corrected chi connectivity index (χ1v) is 6.63. The monoisotopic (exact) mass is 242 g/mol. The van der Waals surface area contributed by atoms with Gasteiger partial charge in [0.05, 0.1) is 0 Å². The summed E-state index contributed by atoms with van der Waals surface area (Å²) in [6.07, 6.45) is 5.84. The van der Waals surface area contributed by atoms with E-state index >= 15 is 0 Å². The molecule has 0 aliphatic heterocycles. The van der Waals surface area contributed by atoms with Gasteiger partial charge in [0, 0.05) is 18.3 Å². The van der Waals surface area contributed by atoms with Crippen LogP contribution in [0.1, 0.15) is 19.3 Å². The minimum atomic E-state index is 0.114. The Bertz CT molecular complexity index is 554. The Morgan fingerprint density at radius 3 is 2.89 bits per heavy atom. The van der Waals surface area contributed by atoms with E-state index < -0.39 is 0 Å². The fourth-order valence-electron chi connectivity index (χ4n) is 2.44. The predicted molar refractivity (Wildman–Crippen MR) is 72.3 cm³/mol. The number of rotatable bonds is 4. The third-order valence-corrected chi connectivity index (χ3v) is 3.81. The molecule has 1 N–H and O–H groups in total. The van der Waals surface area contributed by atoms with Crippen LogP contribution in [0.4, 0.5) is 0 Å². The molecule has 0 unspecified atom stereocenters. The highest BCUT2D eigenvalue weighted by molar-refractivity contribution is 5.83. The Labute approximate surface area is 107 Å². The van der Waals surface area contributed by atoms with E-state index in [4.69, 9.17) is 0 Å². The van der Waals surface area contributed by atoms with E-state index in [0.29, 0.717) is 6.54 Å². The van der Waals surface area contributed by atoms with Crippen molar-refractivity contribution in [1.82, 2.24) is 9.88 Å². The smallest absolute Gasteiger partial charge is 0.239 e. The molecule has 94 valence electrons. The molecule has 0 spiro atoms. The SMILES string of the molecule is O=C(Cn1ccc2ccccc21)NCC1CCC1. The highest BCUT2D eigenvalue weighted by atomic mass is 16.1. The van der Waals surface area contributed by atoms with Crippen molar-refractivity contribution in [2.75, 3.05) is 6.54 Å². The standard InChI is InChI=1S/C15H18N2O/c18-15(16-10-12-4-3-5-12)11-17-9-8-13-6-1-2-7-14(13)17/h1-2,6-9,12H,3-5,10-11H2,(H,16,18). The van der Waals surface area contributed by atoms with Gasteiger partial charge in [0.25, 0.3) is 0 Å². The number of carbonyl (C=O) groups excluding carboxylic acids is 1. The molecule has 1 amide bonds. The summed E-state index contributed by atoms with van der Waals surface area (Å²) in [6.45, 7) is 1.26. The van der Waals surface area contributed by atoms with Crippen molar-refractivity contribution < 1.29 is 4.79 Å². The summed E-state index contributed by atoms with van der Waals surface area (Å²) < 4.78 is 2.01. The second-order valence-corrected chi connectivity index (χ2v) is 5.10. The van der Waals surface area contributed by atoms with Crippen LogP contribution in [0.25, 0.3) is 10.9 Å². The maximum atomic E-state index is 11.9. The summed E-state index contributed by atoms with van der Waals surface area (Å²) in [5, 5.41) is 4.21. The van der Waals surface area contributed by atoms with Gasteiger partial charge in [-0.3, -0.25) is 4.79 Å². The molecule has 18 heavy (non-hydrogen) atoms. The molecule has 1 heterocycles. The molecule has 1 aliphatic carbocycles. The van der Waals surface area contributed by atoms with Crippen LogP contribution in [0.5, 0.6) is 0 Å². The lowest BCUT2D eigenvalue weighted by Gasteiger charge is -2.25. The summed E-state index contributed by atoms with van der Waals surface area (Å²) in [5.41, 5.74) is 1.12. The van der Waals surface area contributed by atoms with Crippen LogP contribution in [0.15, 0.2) is 36.5 Å². The van der Waals surface area contributed by atoms with Gasteiger partial charge in [-0.2, -0.15) is 0 Å². The normalized spacial score (nSPS) is 15.6. The van der Waals surface area contributed by atoms with Gasteiger partial charge in [0.2, 0.25) is 5.91 Å². The Balaban J connectivity index is 1.62. The predicted octanol–water partition coefficient (Wildman–Crippen LogP) is 2.56. The number of fused-ring (bicyclic) bond motifs is 1. The maximum absolute atomic E-state index is 11.9. The number of nitrogens with one attached hydrogen (secondary N) is 1. The summed E-state index contributed by atoms with van der Waals surface area (Å²) in [4.78, 5) is 11.9. The highest BCUT2D eigenvalue weighted by Gasteiger charge is 2.17. The molecule has 3 rings (SSSR count). The first kappa shape index (κ1) is 11.3. The number of hydrogen-bond donors (Lipinski definition) is 1. The van der Waals surface area contributed by atoms with Crippen LogP contribution >= 0.6 is 0 Å². The molecule has 3 heteroatoms. The van der Waals surface area contributed by atoms with Crippen LogP contribution in [0, 0.1) is 5.92 Å². The molecule has 1 aromatic heterocycles. The average molecular weight is 242 g/mol. The number of nitrogens with zero attached hydrogens (tertiary/aromatic N) is 1. The number of benzene rings is 1. The van der Waals surface area contributed by atoms with Crippen LogP contribution < -0.4 is 5.32 Å². The zero-order chi connectivity index (χ0) is 12.4. The van der Waals surface area contributed by atoms with Crippen molar-refractivity contribution in [2.24, 2.45) is 5.92 Å². The van der Waals surface area contributed by atoms with E-state index in [1.165, 1.54) is 24.6 Å². The number of hydrogen-bond acceptors (Lipinski definition) is 1. The summed E-state index contributed by atoms with van der Waals surface area (Å²) in [5.74, 6) is 0.832. The summed E-state index contributed by atoms with van der Waals surface area (Å²) in [7, 11) is 0. The number of aromatic nitrogens is 1. The van der Waals surface area contributed by atoms with Crippen LogP contribution in [0.3, 0.4) is 0 Å². The van der Waals surface area contributed by atoms with E-state index in [1.807, 2.05) is 22.9 Å². The zero-order valence-corrected chi connectivity index (χ0v) is 10.4. The Kier molecular flexibility index (Phi) is 3.05. The maximum Gasteiger partial charge on any atom is 0.239 e. The van der Waals surface area contributed by atoms with Gasteiger partial charge < -0.3 is 9.88 Å². The molecule has 0 atom stereocenters. The Hall–Kier alpha value is -1.77. The average Bonchev–Trinajstić information content (AvgIpc) is 2.71. The van der Waals surface area contributed by atoms with E-state index in [9.17, 15) is 4.79 Å². The first-order chi connectivity index (χ1) is 8.83. The van der Waals surface area contributed by atoms with E-state index in [-0.39, 0.29) is 5.91 Å². The minimum Gasteiger partial charge on any atom is -0.354 e. The van der Waals surface area contributed by atoms with Gasteiger partial charge in [-0.15, -0.1) is 0 Å². The van der Waals surface area contributed by atoms with Crippen LogP contribution in [0.2, 0.25) is 0 Å². The molecule has 2 aromatic rings. The van der Waals surface area contributed by atoms with Gasteiger partial charge in [0.15, 0.2) is 0 Å². The van der Waals surface area contributed by atoms with Crippen molar-refractivity contribution in [3.8, 4) is 0 Å². The van der Waals surface area contributed by atoms with Gasteiger partial charge in [-0.1, -0.05) is 24.6 Å². The number of carbonyl (C=O) groups is 1. The van der Waals surface area contributed by atoms with Crippen molar-refractivity contribution in [1.29, 1.82) is 0 Å². The summed E-state index contributed by atoms with van der Waals surface area (Å²) in [6, 6.07) is 10.2. The molecule has 1 fully saturated rings. The molecule has 0 bridgehead atoms. The second kappa shape index (κ2) is 4.84. The lowest BCUT2D eigenvalue weighted by atomic mass is 9.85. The van der Waals surface area contributed by atoms with Gasteiger partial charge >= 0.3 is 0 Å². The minimum absolute atomic E-state index is 0.114. The third-order valence-electron chi connectivity index (χ3n) is 3.81. The fraction of sp³-hybridized carbons (Fsp3) is 0.400. The Morgan fingerprint density at radius 1 is 1.28 bits per heavy atom. The van der Waals surface area contributed by atoms with E-state index in [2.05, 4.69) is 23.5 Å². The van der Waals surface area contributed by atoms with Crippen molar-refractivity contribution >= 4 is 16.8 Å². The second-order valence-electron chi connectivity index (χ2n) is 5.10. The molecular formula is C15H18N2O. The first-order valence-electron chi connectivity index (χ1n) is 6.63. The van der Waals surface area contributed by atoms with E-state index in [1.54, 1.807) is 0 Å². The zero-order valence-electron chi connectivity index (χ0n) is 10.4. The summed E-state index contributed by atoms with van der Waals surface area (Å²) >= 11 is 0. The molecule has 0 saturated heterocycles. The molecule has 1 aliphatic rings. The molecule has 0 radical (unpaired) electrons. The van der Waals surface area contributed by atoms with Crippen molar-refractivity contribution in [2.45, 2.75) is 25.8 Å². The van der Waals surface area contributed by atoms with Gasteiger partial charge in [-0.05, 0) is 36.3 Å². The molecule has 1 aromatic carbocycles. The highest BCUT2D eigenvalue weighted by Crippen LogP contribution is 2.25.